The van der Waals surface area contributed by atoms with E-state index >= 15 is 0 Å². The largest absolute Gasteiger partial charge is 0.367 e. The minimum absolute atomic E-state index is 0.138. The molecular formula is C20H29FN6. The first kappa shape index (κ1) is 18.3. The van der Waals surface area contributed by atoms with E-state index in [4.69, 9.17) is 0 Å². The van der Waals surface area contributed by atoms with Crippen LogP contribution in [0.1, 0.15) is 63.4 Å². The Morgan fingerprint density at radius 1 is 1.11 bits per heavy atom. The number of hydrogen-bond acceptors (Lipinski definition) is 5. The summed E-state index contributed by atoms with van der Waals surface area (Å²) in [5.41, 5.74) is 0.708. The topological polar surface area (TPSA) is 50.1 Å². The quantitative estimate of drug-likeness (QED) is 0.776. The Morgan fingerprint density at radius 3 is 2.56 bits per heavy atom. The minimum Gasteiger partial charge on any atom is -0.367 e. The summed E-state index contributed by atoms with van der Waals surface area (Å²) in [5.74, 6) is 0.879. The van der Waals surface area contributed by atoms with Crippen molar-refractivity contribution < 1.29 is 4.39 Å². The zero-order chi connectivity index (χ0) is 18.6. The van der Waals surface area contributed by atoms with Gasteiger partial charge in [-0.05, 0) is 41.8 Å². The van der Waals surface area contributed by atoms with Crippen LogP contribution in [0, 0.1) is 5.82 Å². The average Bonchev–Trinajstić information content (AvgIpc) is 3.38. The van der Waals surface area contributed by atoms with Crippen LogP contribution in [0.25, 0.3) is 0 Å². The van der Waals surface area contributed by atoms with Gasteiger partial charge in [0.05, 0.1) is 17.8 Å². The Kier molecular flexibility index (Phi) is 5.66. The van der Waals surface area contributed by atoms with Crippen LogP contribution in [0.3, 0.4) is 0 Å². The first-order valence-corrected chi connectivity index (χ1v) is 10.3. The van der Waals surface area contributed by atoms with Gasteiger partial charge in [0.15, 0.2) is 5.82 Å². The fraction of sp³-hybridized carbons (Fsp3) is 0.650. The lowest BCUT2D eigenvalue weighted by molar-refractivity contribution is 0.161. The van der Waals surface area contributed by atoms with Gasteiger partial charge < -0.3 is 4.90 Å². The monoisotopic (exact) mass is 372 g/mol. The molecule has 2 fully saturated rings. The SMILES string of the molecule is CCC[C@H](c1nnnn1C1CCCC1)N1CCN(c2ccccc2F)CC1. The number of piperazine rings is 1. The summed E-state index contributed by atoms with van der Waals surface area (Å²) in [4.78, 5) is 4.63. The standard InChI is InChI=1S/C20H29FN6/c1-2-7-19(20-22-23-24-27(20)16-8-3-4-9-16)26-14-12-25(13-15-26)18-11-6-5-10-17(18)21/h5-6,10-11,16,19H,2-4,7-9,12-15H2,1H3/t19-/m1/s1. The number of rotatable bonds is 6. The van der Waals surface area contributed by atoms with Crippen molar-refractivity contribution in [2.24, 2.45) is 0 Å². The summed E-state index contributed by atoms with van der Waals surface area (Å²) >= 11 is 0. The van der Waals surface area contributed by atoms with E-state index in [9.17, 15) is 4.39 Å². The van der Waals surface area contributed by atoms with E-state index in [2.05, 4.69) is 36.9 Å². The third kappa shape index (κ3) is 3.83. The van der Waals surface area contributed by atoms with Crippen molar-refractivity contribution in [1.82, 2.24) is 25.1 Å². The fourth-order valence-corrected chi connectivity index (χ4v) is 4.56. The summed E-state index contributed by atoms with van der Waals surface area (Å²) in [7, 11) is 0. The van der Waals surface area contributed by atoms with Crippen LogP contribution in [-0.2, 0) is 0 Å². The molecule has 1 saturated carbocycles. The highest BCUT2D eigenvalue weighted by atomic mass is 19.1. The molecule has 146 valence electrons. The Balaban J connectivity index is 1.48. The molecule has 1 aromatic carbocycles. The molecule has 1 aliphatic carbocycles. The molecule has 0 radical (unpaired) electrons. The maximum absolute atomic E-state index is 14.1. The molecule has 0 amide bonds. The lowest BCUT2D eigenvalue weighted by atomic mass is 10.1. The van der Waals surface area contributed by atoms with Crippen LogP contribution in [-0.4, -0.2) is 51.3 Å². The molecule has 4 rings (SSSR count). The fourth-order valence-electron chi connectivity index (χ4n) is 4.56. The highest BCUT2D eigenvalue weighted by Crippen LogP contribution is 2.33. The average molecular weight is 372 g/mol. The molecule has 1 atom stereocenters. The van der Waals surface area contributed by atoms with Gasteiger partial charge in [-0.1, -0.05) is 38.3 Å². The third-order valence-corrected chi connectivity index (χ3v) is 6.00. The molecule has 1 saturated heterocycles. The third-order valence-electron chi connectivity index (χ3n) is 6.00. The maximum atomic E-state index is 14.1. The van der Waals surface area contributed by atoms with Gasteiger partial charge in [0, 0.05) is 26.2 Å². The van der Waals surface area contributed by atoms with E-state index < -0.39 is 0 Å². The van der Waals surface area contributed by atoms with Gasteiger partial charge in [-0.2, -0.15) is 0 Å². The lowest BCUT2D eigenvalue weighted by Gasteiger charge is -2.40. The number of para-hydroxylation sites is 1. The van der Waals surface area contributed by atoms with Crippen molar-refractivity contribution >= 4 is 5.69 Å². The Bertz CT molecular complexity index is 734. The van der Waals surface area contributed by atoms with Crippen LogP contribution < -0.4 is 4.90 Å². The van der Waals surface area contributed by atoms with E-state index in [0.717, 1.165) is 44.8 Å². The minimum atomic E-state index is -0.138. The molecule has 0 unspecified atom stereocenters. The van der Waals surface area contributed by atoms with Crippen LogP contribution in [0.5, 0.6) is 0 Å². The molecule has 2 heterocycles. The zero-order valence-electron chi connectivity index (χ0n) is 16.1. The maximum Gasteiger partial charge on any atom is 0.168 e. The highest BCUT2D eigenvalue weighted by Gasteiger charge is 2.31. The van der Waals surface area contributed by atoms with Crippen LogP contribution >= 0.6 is 0 Å². The zero-order valence-corrected chi connectivity index (χ0v) is 16.1. The Hall–Kier alpha value is -2.02. The predicted molar refractivity (Wildman–Crippen MR) is 103 cm³/mol. The van der Waals surface area contributed by atoms with Crippen LogP contribution in [0.15, 0.2) is 24.3 Å². The molecule has 1 aromatic heterocycles. The second-order valence-electron chi connectivity index (χ2n) is 7.70. The Morgan fingerprint density at radius 2 is 1.85 bits per heavy atom. The smallest absolute Gasteiger partial charge is 0.168 e. The summed E-state index contributed by atoms with van der Waals surface area (Å²) in [6, 6.07) is 7.75. The number of nitrogens with zero attached hydrogens (tertiary/aromatic N) is 6. The van der Waals surface area contributed by atoms with E-state index in [1.165, 1.54) is 31.7 Å². The van der Waals surface area contributed by atoms with Gasteiger partial charge in [0.2, 0.25) is 0 Å². The first-order chi connectivity index (χ1) is 13.3. The molecular weight excluding hydrogens is 343 g/mol. The van der Waals surface area contributed by atoms with E-state index in [0.29, 0.717) is 11.7 Å². The van der Waals surface area contributed by atoms with Gasteiger partial charge in [-0.15, -0.1) is 5.10 Å². The number of tetrazole rings is 1. The van der Waals surface area contributed by atoms with Crippen molar-refractivity contribution in [3.05, 3.63) is 35.9 Å². The summed E-state index contributed by atoms with van der Waals surface area (Å²) in [6.07, 6.45) is 7.03. The van der Waals surface area contributed by atoms with Gasteiger partial charge in [-0.25, -0.2) is 9.07 Å². The van der Waals surface area contributed by atoms with Crippen LogP contribution in [0.4, 0.5) is 10.1 Å². The van der Waals surface area contributed by atoms with Crippen molar-refractivity contribution in [3.63, 3.8) is 0 Å². The second-order valence-corrected chi connectivity index (χ2v) is 7.70. The summed E-state index contributed by atoms with van der Waals surface area (Å²) in [6.45, 7) is 5.66. The molecule has 0 spiro atoms. The van der Waals surface area contributed by atoms with Gasteiger partial charge in [0.1, 0.15) is 5.82 Å². The number of anilines is 1. The summed E-state index contributed by atoms with van der Waals surface area (Å²) in [5, 5.41) is 12.8. The molecule has 0 bridgehead atoms. The van der Waals surface area contributed by atoms with E-state index in [1.807, 2.05) is 12.1 Å². The molecule has 6 nitrogen and oxygen atoms in total. The predicted octanol–water partition coefficient (Wildman–Crippen LogP) is 3.59. The van der Waals surface area contributed by atoms with Crippen LogP contribution in [0.2, 0.25) is 0 Å². The first-order valence-electron chi connectivity index (χ1n) is 10.3. The van der Waals surface area contributed by atoms with Gasteiger partial charge >= 0.3 is 0 Å². The number of halogens is 1. The number of aromatic nitrogens is 4. The van der Waals surface area contributed by atoms with Gasteiger partial charge in [-0.3, -0.25) is 4.90 Å². The molecule has 7 heteroatoms. The number of hydrogen-bond donors (Lipinski definition) is 0. The second kappa shape index (κ2) is 8.33. The van der Waals surface area contributed by atoms with Crippen molar-refractivity contribution in [3.8, 4) is 0 Å². The summed E-state index contributed by atoms with van der Waals surface area (Å²) < 4.78 is 16.2. The highest BCUT2D eigenvalue weighted by molar-refractivity contribution is 5.48. The van der Waals surface area contributed by atoms with Crippen molar-refractivity contribution in [2.45, 2.75) is 57.5 Å². The molecule has 0 N–H and O–H groups in total. The normalized spacial score (nSPS) is 20.3. The molecule has 1 aliphatic heterocycles. The Labute approximate surface area is 160 Å². The van der Waals surface area contributed by atoms with E-state index in [-0.39, 0.29) is 11.9 Å². The lowest BCUT2D eigenvalue weighted by Crippen LogP contribution is -2.48. The van der Waals surface area contributed by atoms with Crippen molar-refractivity contribution in [2.75, 3.05) is 31.1 Å². The molecule has 2 aliphatic rings. The molecule has 2 aromatic rings. The van der Waals surface area contributed by atoms with Crippen molar-refractivity contribution in [1.29, 1.82) is 0 Å². The molecule has 27 heavy (non-hydrogen) atoms. The number of benzene rings is 1. The van der Waals surface area contributed by atoms with E-state index in [1.54, 1.807) is 6.07 Å². The van der Waals surface area contributed by atoms with Gasteiger partial charge in [0.25, 0.3) is 0 Å².